The van der Waals surface area contributed by atoms with Crippen molar-refractivity contribution in [1.29, 1.82) is 0 Å². The molecule has 3 rings (SSSR count). The summed E-state index contributed by atoms with van der Waals surface area (Å²) in [5, 5.41) is 7.32. The molecule has 1 aromatic rings. The molecule has 4 atom stereocenters. The second-order valence-electron chi connectivity index (χ2n) is 6.41. The fourth-order valence-corrected chi connectivity index (χ4v) is 4.01. The van der Waals surface area contributed by atoms with Crippen molar-refractivity contribution in [3.05, 3.63) is 18.0 Å². The molecule has 0 aliphatic heterocycles. The zero-order valence-corrected chi connectivity index (χ0v) is 11.8. The van der Waals surface area contributed by atoms with E-state index < -0.39 is 0 Å². The van der Waals surface area contributed by atoms with Crippen molar-refractivity contribution in [2.75, 3.05) is 0 Å². The van der Waals surface area contributed by atoms with Gasteiger partial charge in [-0.2, -0.15) is 5.10 Å². The summed E-state index contributed by atoms with van der Waals surface area (Å²) >= 11 is 0. The van der Waals surface area contributed by atoms with E-state index in [4.69, 9.17) is 0 Å². The molecule has 2 aliphatic carbocycles. The molecule has 4 nitrogen and oxygen atoms in total. The van der Waals surface area contributed by atoms with Crippen molar-refractivity contribution >= 4 is 5.91 Å². The van der Waals surface area contributed by atoms with Crippen LogP contribution in [0, 0.1) is 24.7 Å². The molecule has 1 N–H and O–H groups in total. The molecule has 0 aromatic carbocycles. The Morgan fingerprint density at radius 3 is 2.95 bits per heavy atom. The van der Waals surface area contributed by atoms with Gasteiger partial charge in [-0.3, -0.25) is 9.48 Å². The number of nitrogens with one attached hydrogen (secondary N) is 1. The summed E-state index contributed by atoms with van der Waals surface area (Å²) < 4.78 is 1.71. The molecule has 1 amide bonds. The Bertz CT molecular complexity index is 468. The first-order chi connectivity index (χ1) is 9.11. The van der Waals surface area contributed by atoms with E-state index in [1.165, 1.54) is 25.7 Å². The standard InChI is InChI=1S/C15H23N3O/c1-10-7-16-18(8-10)9-15(19)17-11(2)14-6-12-3-4-13(14)5-12/h7-8,11-14H,3-6,9H2,1-2H3,(H,17,19)/t11-,12-,13-,14-/m0/s1. The van der Waals surface area contributed by atoms with Crippen LogP contribution in [-0.2, 0) is 11.3 Å². The van der Waals surface area contributed by atoms with Crippen LogP contribution >= 0.6 is 0 Å². The molecule has 0 saturated heterocycles. The van der Waals surface area contributed by atoms with E-state index in [2.05, 4.69) is 17.3 Å². The highest BCUT2D eigenvalue weighted by Gasteiger charge is 2.42. The van der Waals surface area contributed by atoms with Crippen LogP contribution in [0.1, 0.15) is 38.2 Å². The van der Waals surface area contributed by atoms with Crippen molar-refractivity contribution in [2.24, 2.45) is 17.8 Å². The van der Waals surface area contributed by atoms with Crippen molar-refractivity contribution in [3.63, 3.8) is 0 Å². The van der Waals surface area contributed by atoms with Gasteiger partial charge in [0, 0.05) is 12.2 Å². The minimum absolute atomic E-state index is 0.0818. The average Bonchev–Trinajstić information content (AvgIpc) is 3.05. The van der Waals surface area contributed by atoms with Gasteiger partial charge >= 0.3 is 0 Å². The second-order valence-corrected chi connectivity index (χ2v) is 6.41. The van der Waals surface area contributed by atoms with Crippen molar-refractivity contribution in [1.82, 2.24) is 15.1 Å². The summed E-state index contributed by atoms with van der Waals surface area (Å²) in [6.45, 7) is 4.48. The maximum Gasteiger partial charge on any atom is 0.241 e. The molecule has 0 radical (unpaired) electrons. The Morgan fingerprint density at radius 2 is 2.37 bits per heavy atom. The van der Waals surface area contributed by atoms with Crippen LogP contribution in [0.5, 0.6) is 0 Å². The van der Waals surface area contributed by atoms with Crippen LogP contribution in [0.4, 0.5) is 0 Å². The van der Waals surface area contributed by atoms with Gasteiger partial charge in [0.2, 0.25) is 5.91 Å². The van der Waals surface area contributed by atoms with Crippen LogP contribution in [0.25, 0.3) is 0 Å². The van der Waals surface area contributed by atoms with Crippen molar-refractivity contribution in [2.45, 2.75) is 52.1 Å². The van der Waals surface area contributed by atoms with Crippen LogP contribution in [-0.4, -0.2) is 21.7 Å². The molecule has 2 aliphatic rings. The van der Waals surface area contributed by atoms with Crippen LogP contribution in [0.2, 0.25) is 0 Å². The van der Waals surface area contributed by atoms with E-state index in [0.29, 0.717) is 18.5 Å². The van der Waals surface area contributed by atoms with Gasteiger partial charge in [0.05, 0.1) is 6.20 Å². The second kappa shape index (κ2) is 4.99. The highest BCUT2D eigenvalue weighted by Crippen LogP contribution is 2.49. The van der Waals surface area contributed by atoms with Crippen LogP contribution < -0.4 is 5.32 Å². The summed E-state index contributed by atoms with van der Waals surface area (Å²) in [5.41, 5.74) is 1.09. The first-order valence-electron chi connectivity index (χ1n) is 7.40. The third-order valence-electron chi connectivity index (χ3n) is 4.89. The monoisotopic (exact) mass is 261 g/mol. The SMILES string of the molecule is Cc1cnn(CC(=O)N[C@@H](C)[C@@H]2C[C@H]3CC[C@H]2C3)c1. The Morgan fingerprint density at radius 1 is 1.53 bits per heavy atom. The normalized spacial score (nSPS) is 30.5. The number of rotatable bonds is 4. The van der Waals surface area contributed by atoms with Gasteiger partial charge in [-0.1, -0.05) is 6.42 Å². The Labute approximate surface area is 114 Å². The molecule has 1 aromatic heterocycles. The minimum Gasteiger partial charge on any atom is -0.352 e. The molecule has 2 saturated carbocycles. The van der Waals surface area contributed by atoms with E-state index >= 15 is 0 Å². The van der Waals surface area contributed by atoms with E-state index in [-0.39, 0.29) is 5.91 Å². The quantitative estimate of drug-likeness (QED) is 0.902. The van der Waals surface area contributed by atoms with Gasteiger partial charge in [-0.15, -0.1) is 0 Å². The van der Waals surface area contributed by atoms with E-state index in [0.717, 1.165) is 17.4 Å². The maximum atomic E-state index is 12.0. The fourth-order valence-electron chi connectivity index (χ4n) is 4.01. The molecule has 4 heteroatoms. The van der Waals surface area contributed by atoms with E-state index in [1.54, 1.807) is 10.9 Å². The molecule has 0 unspecified atom stereocenters. The Hall–Kier alpha value is -1.32. The number of carbonyl (C=O) groups is 1. The Kier molecular flexibility index (Phi) is 3.33. The largest absolute Gasteiger partial charge is 0.352 e. The van der Waals surface area contributed by atoms with Crippen molar-refractivity contribution < 1.29 is 4.79 Å². The third kappa shape index (κ3) is 2.67. The van der Waals surface area contributed by atoms with Crippen molar-refractivity contribution in [3.8, 4) is 0 Å². The molecule has 2 bridgehead atoms. The number of aryl methyl sites for hydroxylation is 1. The number of carbonyl (C=O) groups excluding carboxylic acids is 1. The fraction of sp³-hybridized carbons (Fsp3) is 0.733. The number of hydrogen-bond donors (Lipinski definition) is 1. The summed E-state index contributed by atoms with van der Waals surface area (Å²) in [6, 6.07) is 0.305. The number of aromatic nitrogens is 2. The zero-order chi connectivity index (χ0) is 13.4. The number of hydrogen-bond acceptors (Lipinski definition) is 2. The lowest BCUT2D eigenvalue weighted by molar-refractivity contribution is -0.122. The van der Waals surface area contributed by atoms with Gasteiger partial charge in [-0.25, -0.2) is 0 Å². The molecule has 2 fully saturated rings. The van der Waals surface area contributed by atoms with Crippen LogP contribution in [0.15, 0.2) is 12.4 Å². The van der Waals surface area contributed by atoms with E-state index in [1.807, 2.05) is 13.1 Å². The molecular weight excluding hydrogens is 238 g/mol. The lowest BCUT2D eigenvalue weighted by Crippen LogP contribution is -2.41. The van der Waals surface area contributed by atoms with Gasteiger partial charge in [0.25, 0.3) is 0 Å². The highest BCUT2D eigenvalue weighted by molar-refractivity contribution is 5.75. The lowest BCUT2D eigenvalue weighted by atomic mass is 9.84. The van der Waals surface area contributed by atoms with Crippen LogP contribution in [0.3, 0.4) is 0 Å². The topological polar surface area (TPSA) is 46.9 Å². The number of nitrogens with zero attached hydrogens (tertiary/aromatic N) is 2. The predicted molar refractivity (Wildman–Crippen MR) is 73.5 cm³/mol. The van der Waals surface area contributed by atoms with Gasteiger partial charge in [-0.05, 0) is 56.4 Å². The third-order valence-corrected chi connectivity index (χ3v) is 4.89. The van der Waals surface area contributed by atoms with E-state index in [9.17, 15) is 4.79 Å². The number of amides is 1. The molecular formula is C15H23N3O. The van der Waals surface area contributed by atoms with Gasteiger partial charge < -0.3 is 5.32 Å². The molecule has 104 valence electrons. The molecule has 1 heterocycles. The molecule has 19 heavy (non-hydrogen) atoms. The van der Waals surface area contributed by atoms with Gasteiger partial charge in [0.15, 0.2) is 0 Å². The zero-order valence-electron chi connectivity index (χ0n) is 11.8. The summed E-state index contributed by atoms with van der Waals surface area (Å²) in [5.74, 6) is 2.57. The summed E-state index contributed by atoms with van der Waals surface area (Å²) in [7, 11) is 0. The minimum atomic E-state index is 0.0818. The lowest BCUT2D eigenvalue weighted by Gasteiger charge is -2.28. The summed E-state index contributed by atoms with van der Waals surface area (Å²) in [6.07, 6.45) is 9.17. The number of fused-ring (bicyclic) bond motifs is 2. The first-order valence-corrected chi connectivity index (χ1v) is 7.40. The smallest absolute Gasteiger partial charge is 0.241 e. The molecule has 0 spiro atoms. The maximum absolute atomic E-state index is 12.0. The Balaban J connectivity index is 1.52. The predicted octanol–water partition coefficient (Wildman–Crippen LogP) is 2.13. The van der Waals surface area contributed by atoms with Gasteiger partial charge in [0.1, 0.15) is 6.54 Å². The average molecular weight is 261 g/mol. The summed E-state index contributed by atoms with van der Waals surface area (Å²) in [4.78, 5) is 12.0. The first kappa shape index (κ1) is 12.7. The highest BCUT2D eigenvalue weighted by atomic mass is 16.2.